The molecule has 17 heavy (non-hydrogen) atoms. The lowest BCUT2D eigenvalue weighted by molar-refractivity contribution is 0.325. The van der Waals surface area contributed by atoms with Crippen molar-refractivity contribution in [2.75, 3.05) is 18.5 Å². The second-order valence-corrected chi connectivity index (χ2v) is 4.06. The van der Waals surface area contributed by atoms with Crippen LogP contribution in [0.25, 0.3) is 0 Å². The Morgan fingerprint density at radius 3 is 2.71 bits per heavy atom. The lowest BCUT2D eigenvalue weighted by Crippen LogP contribution is -2.06. The van der Waals surface area contributed by atoms with E-state index in [0.29, 0.717) is 12.5 Å². The van der Waals surface area contributed by atoms with Gasteiger partial charge in [0.15, 0.2) is 0 Å². The highest BCUT2D eigenvalue weighted by atomic mass is 16.5. The SMILES string of the molecule is CCCCCCNc1cc(OCC)nc(C)n1. The molecule has 0 amide bonds. The summed E-state index contributed by atoms with van der Waals surface area (Å²) in [6.45, 7) is 7.64. The van der Waals surface area contributed by atoms with Crippen molar-refractivity contribution in [2.24, 2.45) is 0 Å². The van der Waals surface area contributed by atoms with Crippen LogP contribution in [0.5, 0.6) is 5.88 Å². The van der Waals surface area contributed by atoms with Gasteiger partial charge in [0.25, 0.3) is 0 Å². The highest BCUT2D eigenvalue weighted by molar-refractivity contribution is 5.38. The third kappa shape index (κ3) is 5.52. The summed E-state index contributed by atoms with van der Waals surface area (Å²) in [5.41, 5.74) is 0. The summed E-state index contributed by atoms with van der Waals surface area (Å²) in [5.74, 6) is 2.25. The number of aromatic nitrogens is 2. The summed E-state index contributed by atoms with van der Waals surface area (Å²) in [7, 11) is 0. The molecule has 0 aliphatic rings. The highest BCUT2D eigenvalue weighted by Gasteiger charge is 2.01. The molecule has 0 aliphatic carbocycles. The fourth-order valence-electron chi connectivity index (χ4n) is 1.62. The van der Waals surface area contributed by atoms with Gasteiger partial charge in [-0.05, 0) is 20.3 Å². The van der Waals surface area contributed by atoms with Crippen molar-refractivity contribution in [3.63, 3.8) is 0 Å². The van der Waals surface area contributed by atoms with Crippen LogP contribution in [0.15, 0.2) is 6.07 Å². The third-order valence-electron chi connectivity index (χ3n) is 2.44. The Balaban J connectivity index is 2.41. The number of hydrogen-bond donors (Lipinski definition) is 1. The summed E-state index contributed by atoms with van der Waals surface area (Å²) in [5, 5.41) is 3.31. The van der Waals surface area contributed by atoms with Gasteiger partial charge in [0, 0.05) is 12.6 Å². The number of unbranched alkanes of at least 4 members (excludes halogenated alkanes) is 3. The van der Waals surface area contributed by atoms with Crippen LogP contribution in [-0.4, -0.2) is 23.1 Å². The molecule has 0 saturated heterocycles. The molecule has 1 aromatic heterocycles. The van der Waals surface area contributed by atoms with E-state index in [1.807, 2.05) is 19.9 Å². The van der Waals surface area contributed by atoms with Crippen LogP contribution in [0.4, 0.5) is 5.82 Å². The number of anilines is 1. The molecule has 0 saturated carbocycles. The molecular formula is C13H23N3O. The molecule has 0 radical (unpaired) electrons. The minimum atomic E-state index is 0.631. The van der Waals surface area contributed by atoms with Crippen LogP contribution >= 0.6 is 0 Å². The first-order valence-corrected chi connectivity index (χ1v) is 6.48. The molecule has 4 nitrogen and oxygen atoms in total. The maximum atomic E-state index is 5.38. The van der Waals surface area contributed by atoms with Crippen molar-refractivity contribution >= 4 is 5.82 Å². The van der Waals surface area contributed by atoms with E-state index in [2.05, 4.69) is 22.2 Å². The monoisotopic (exact) mass is 237 g/mol. The Morgan fingerprint density at radius 2 is 2.00 bits per heavy atom. The van der Waals surface area contributed by atoms with E-state index in [9.17, 15) is 0 Å². The molecule has 1 aromatic rings. The summed E-state index contributed by atoms with van der Waals surface area (Å²) in [4.78, 5) is 8.54. The van der Waals surface area contributed by atoms with Crippen molar-refractivity contribution < 1.29 is 4.74 Å². The molecule has 0 fully saturated rings. The van der Waals surface area contributed by atoms with Crippen LogP contribution in [-0.2, 0) is 0 Å². The van der Waals surface area contributed by atoms with Crippen molar-refractivity contribution in [1.82, 2.24) is 9.97 Å². The molecule has 96 valence electrons. The molecular weight excluding hydrogens is 214 g/mol. The summed E-state index contributed by atoms with van der Waals surface area (Å²) in [6.07, 6.45) is 5.02. The first-order valence-electron chi connectivity index (χ1n) is 6.48. The second-order valence-electron chi connectivity index (χ2n) is 4.06. The lowest BCUT2D eigenvalue weighted by atomic mass is 10.2. The van der Waals surface area contributed by atoms with Gasteiger partial charge in [0.2, 0.25) is 5.88 Å². The Kier molecular flexibility index (Phi) is 6.37. The topological polar surface area (TPSA) is 47.0 Å². The van der Waals surface area contributed by atoms with E-state index in [1.54, 1.807) is 0 Å². The van der Waals surface area contributed by atoms with Gasteiger partial charge in [-0.2, -0.15) is 4.98 Å². The van der Waals surface area contributed by atoms with E-state index in [1.165, 1.54) is 25.7 Å². The minimum absolute atomic E-state index is 0.631. The Hall–Kier alpha value is -1.32. The molecule has 0 unspecified atom stereocenters. The number of aryl methyl sites for hydroxylation is 1. The summed E-state index contributed by atoms with van der Waals surface area (Å²) < 4.78 is 5.38. The van der Waals surface area contributed by atoms with E-state index in [0.717, 1.165) is 18.2 Å². The van der Waals surface area contributed by atoms with Crippen LogP contribution in [0.3, 0.4) is 0 Å². The molecule has 0 atom stereocenters. The van der Waals surface area contributed by atoms with Crippen molar-refractivity contribution in [1.29, 1.82) is 0 Å². The predicted octanol–water partition coefficient (Wildman–Crippen LogP) is 3.18. The van der Waals surface area contributed by atoms with Crippen molar-refractivity contribution in [3.8, 4) is 5.88 Å². The molecule has 0 aliphatic heterocycles. The Labute approximate surface area is 104 Å². The molecule has 1 N–H and O–H groups in total. The maximum absolute atomic E-state index is 5.38. The normalized spacial score (nSPS) is 10.3. The highest BCUT2D eigenvalue weighted by Crippen LogP contribution is 2.13. The van der Waals surface area contributed by atoms with Gasteiger partial charge in [-0.15, -0.1) is 0 Å². The van der Waals surface area contributed by atoms with Crippen LogP contribution in [0.1, 0.15) is 45.4 Å². The van der Waals surface area contributed by atoms with E-state index >= 15 is 0 Å². The van der Waals surface area contributed by atoms with Gasteiger partial charge < -0.3 is 10.1 Å². The van der Waals surface area contributed by atoms with Crippen molar-refractivity contribution in [2.45, 2.75) is 46.5 Å². The predicted molar refractivity (Wildman–Crippen MR) is 70.6 cm³/mol. The Bertz CT molecular complexity index is 328. The molecule has 1 heterocycles. The molecule has 1 rings (SSSR count). The van der Waals surface area contributed by atoms with Gasteiger partial charge in [-0.25, -0.2) is 4.98 Å². The van der Waals surface area contributed by atoms with E-state index < -0.39 is 0 Å². The Morgan fingerprint density at radius 1 is 1.18 bits per heavy atom. The first kappa shape index (κ1) is 13.7. The van der Waals surface area contributed by atoms with Crippen LogP contribution in [0, 0.1) is 6.92 Å². The maximum Gasteiger partial charge on any atom is 0.218 e. The van der Waals surface area contributed by atoms with Gasteiger partial charge in [0.05, 0.1) is 6.61 Å². The average molecular weight is 237 g/mol. The third-order valence-corrected chi connectivity index (χ3v) is 2.44. The number of ether oxygens (including phenoxy) is 1. The van der Waals surface area contributed by atoms with Gasteiger partial charge in [-0.1, -0.05) is 26.2 Å². The fourth-order valence-corrected chi connectivity index (χ4v) is 1.62. The zero-order valence-electron chi connectivity index (χ0n) is 11.1. The quantitative estimate of drug-likeness (QED) is 0.705. The zero-order chi connectivity index (χ0) is 12.5. The van der Waals surface area contributed by atoms with E-state index in [-0.39, 0.29) is 0 Å². The second kappa shape index (κ2) is 7.87. The molecule has 4 heteroatoms. The lowest BCUT2D eigenvalue weighted by Gasteiger charge is -2.08. The van der Waals surface area contributed by atoms with Gasteiger partial charge in [-0.3, -0.25) is 0 Å². The van der Waals surface area contributed by atoms with Gasteiger partial charge in [0.1, 0.15) is 11.6 Å². The number of rotatable bonds is 8. The number of hydrogen-bond acceptors (Lipinski definition) is 4. The minimum Gasteiger partial charge on any atom is -0.478 e. The first-order chi connectivity index (χ1) is 8.26. The standard InChI is InChI=1S/C13H23N3O/c1-4-6-7-8-9-14-12-10-13(17-5-2)16-11(3)15-12/h10H,4-9H2,1-3H3,(H,14,15,16). The molecule has 0 bridgehead atoms. The van der Waals surface area contributed by atoms with Crippen molar-refractivity contribution in [3.05, 3.63) is 11.9 Å². The number of nitrogens with one attached hydrogen (secondary N) is 1. The van der Waals surface area contributed by atoms with Gasteiger partial charge >= 0.3 is 0 Å². The summed E-state index contributed by atoms with van der Waals surface area (Å²) >= 11 is 0. The smallest absolute Gasteiger partial charge is 0.218 e. The molecule has 0 aromatic carbocycles. The average Bonchev–Trinajstić information content (AvgIpc) is 2.28. The zero-order valence-corrected chi connectivity index (χ0v) is 11.1. The van der Waals surface area contributed by atoms with Crippen LogP contribution < -0.4 is 10.1 Å². The number of nitrogens with zero attached hydrogens (tertiary/aromatic N) is 2. The molecule has 0 spiro atoms. The summed E-state index contributed by atoms with van der Waals surface area (Å²) in [6, 6.07) is 1.86. The van der Waals surface area contributed by atoms with E-state index in [4.69, 9.17) is 4.74 Å². The fraction of sp³-hybridized carbons (Fsp3) is 0.692. The van der Waals surface area contributed by atoms with Crippen LogP contribution in [0.2, 0.25) is 0 Å². The largest absolute Gasteiger partial charge is 0.478 e.